The Labute approximate surface area is 129 Å². The van der Waals surface area contributed by atoms with Crippen molar-refractivity contribution in [3.05, 3.63) is 46.6 Å². The van der Waals surface area contributed by atoms with E-state index in [4.69, 9.17) is 11.6 Å². The van der Waals surface area contributed by atoms with E-state index in [1.807, 2.05) is 0 Å². The molecule has 2 N–H and O–H groups in total. The normalized spacial score (nSPS) is 21.9. The van der Waals surface area contributed by atoms with Gasteiger partial charge in [-0.2, -0.15) is 26.3 Å². The minimum absolute atomic E-state index is 0.163. The highest BCUT2D eigenvalue weighted by atomic mass is 35.5. The summed E-state index contributed by atoms with van der Waals surface area (Å²) in [6.45, 7) is 0. The number of hydrogen-bond acceptors (Lipinski definition) is 3. The molecular formula is C12H7ClF6N2O2. The van der Waals surface area contributed by atoms with Gasteiger partial charge in [0.15, 0.2) is 0 Å². The standard InChI is InChI=1S/C12H7ClF6N2O2/c13-7-3-1-6(2-4-7)9(22)21-10(23,12(17,18)19)5-8(20-21)11(14,15)16/h1-5,20,23H/t10-/m0/s1. The van der Waals surface area contributed by atoms with Crippen LogP contribution in [0.4, 0.5) is 26.3 Å². The van der Waals surface area contributed by atoms with E-state index in [9.17, 15) is 36.2 Å². The Balaban J connectivity index is 2.45. The highest BCUT2D eigenvalue weighted by molar-refractivity contribution is 6.30. The molecule has 126 valence electrons. The van der Waals surface area contributed by atoms with Crippen molar-refractivity contribution >= 4 is 17.5 Å². The van der Waals surface area contributed by atoms with Crippen LogP contribution in [0.5, 0.6) is 0 Å². The van der Waals surface area contributed by atoms with Gasteiger partial charge >= 0.3 is 12.4 Å². The van der Waals surface area contributed by atoms with E-state index in [1.54, 1.807) is 0 Å². The van der Waals surface area contributed by atoms with Crippen molar-refractivity contribution in [1.82, 2.24) is 10.4 Å². The Morgan fingerprint density at radius 1 is 1.13 bits per heavy atom. The van der Waals surface area contributed by atoms with E-state index in [-0.39, 0.29) is 5.02 Å². The highest BCUT2D eigenvalue weighted by Crippen LogP contribution is 2.41. The van der Waals surface area contributed by atoms with Gasteiger partial charge in [-0.3, -0.25) is 10.2 Å². The lowest BCUT2D eigenvalue weighted by Crippen LogP contribution is -2.60. The molecule has 0 radical (unpaired) electrons. The van der Waals surface area contributed by atoms with Crippen molar-refractivity contribution < 1.29 is 36.2 Å². The minimum Gasteiger partial charge on any atom is -0.359 e. The molecule has 0 unspecified atom stereocenters. The van der Waals surface area contributed by atoms with Gasteiger partial charge in [-0.15, -0.1) is 0 Å². The van der Waals surface area contributed by atoms with E-state index in [1.165, 1.54) is 5.43 Å². The molecule has 23 heavy (non-hydrogen) atoms. The quantitative estimate of drug-likeness (QED) is 0.757. The molecule has 0 bridgehead atoms. The third-order valence-corrected chi connectivity index (χ3v) is 3.19. The second-order valence-corrected chi connectivity index (χ2v) is 4.98. The van der Waals surface area contributed by atoms with E-state index < -0.39 is 46.3 Å². The molecule has 1 aromatic carbocycles. The smallest absolute Gasteiger partial charge is 0.359 e. The Hall–Kier alpha value is -1.94. The van der Waals surface area contributed by atoms with Gasteiger partial charge in [0, 0.05) is 16.7 Å². The Bertz CT molecular complexity index is 655. The average molecular weight is 361 g/mol. The van der Waals surface area contributed by atoms with Gasteiger partial charge in [0.2, 0.25) is 0 Å². The number of nitrogens with one attached hydrogen (secondary N) is 1. The maximum absolute atomic E-state index is 13.0. The number of rotatable bonds is 1. The first-order chi connectivity index (χ1) is 10.4. The third-order valence-electron chi connectivity index (χ3n) is 2.94. The van der Waals surface area contributed by atoms with Gasteiger partial charge in [0.05, 0.1) is 0 Å². The number of hydrogen-bond donors (Lipinski definition) is 2. The number of hydrazine groups is 1. The van der Waals surface area contributed by atoms with Gasteiger partial charge in [0.25, 0.3) is 11.6 Å². The third kappa shape index (κ3) is 3.08. The Kier molecular flexibility index (Phi) is 4.02. The Morgan fingerprint density at radius 2 is 1.65 bits per heavy atom. The average Bonchev–Trinajstić information content (AvgIpc) is 2.78. The molecule has 0 fully saturated rings. The molecule has 0 spiro atoms. The van der Waals surface area contributed by atoms with E-state index in [0.29, 0.717) is 0 Å². The lowest BCUT2D eigenvalue weighted by molar-refractivity contribution is -0.283. The van der Waals surface area contributed by atoms with Crippen LogP contribution in [0.25, 0.3) is 0 Å². The second-order valence-electron chi connectivity index (χ2n) is 4.54. The topological polar surface area (TPSA) is 52.6 Å². The van der Waals surface area contributed by atoms with Gasteiger partial charge in [0.1, 0.15) is 5.70 Å². The van der Waals surface area contributed by atoms with Crippen molar-refractivity contribution in [3.8, 4) is 0 Å². The number of carbonyl (C=O) groups excluding carboxylic acids is 1. The summed E-state index contributed by atoms with van der Waals surface area (Å²) in [5.74, 6) is -1.52. The van der Waals surface area contributed by atoms with Gasteiger partial charge in [-0.05, 0) is 24.3 Å². The van der Waals surface area contributed by atoms with Gasteiger partial charge in [-0.1, -0.05) is 11.6 Å². The SMILES string of the molecule is O=C(c1ccc(Cl)cc1)N1NC(C(F)(F)F)=C[C@]1(O)C(F)(F)F. The summed E-state index contributed by atoms with van der Waals surface area (Å²) in [6, 6.07) is 4.34. The maximum atomic E-state index is 13.0. The van der Waals surface area contributed by atoms with Crippen LogP contribution in [-0.4, -0.2) is 34.1 Å². The zero-order chi connectivity index (χ0) is 17.6. The highest BCUT2D eigenvalue weighted by Gasteiger charge is 2.64. The van der Waals surface area contributed by atoms with Gasteiger partial charge < -0.3 is 5.11 Å². The predicted molar refractivity (Wildman–Crippen MR) is 65.9 cm³/mol. The Morgan fingerprint density at radius 3 is 2.09 bits per heavy atom. The lowest BCUT2D eigenvalue weighted by atomic mass is 10.1. The molecule has 1 atom stereocenters. The summed E-state index contributed by atoms with van der Waals surface area (Å²) < 4.78 is 76.8. The molecular weight excluding hydrogens is 354 g/mol. The number of alkyl halides is 6. The van der Waals surface area contributed by atoms with Crippen molar-refractivity contribution in [2.75, 3.05) is 0 Å². The molecule has 1 aliphatic rings. The number of carbonyl (C=O) groups is 1. The van der Waals surface area contributed by atoms with Crippen molar-refractivity contribution in [2.45, 2.75) is 18.1 Å². The number of halogens is 7. The number of nitrogens with zero attached hydrogens (tertiary/aromatic N) is 1. The summed E-state index contributed by atoms with van der Waals surface area (Å²) in [5, 5.41) is 9.26. The van der Waals surface area contributed by atoms with Crippen LogP contribution in [0.2, 0.25) is 5.02 Å². The largest absolute Gasteiger partial charge is 0.442 e. The van der Waals surface area contributed by atoms with E-state index in [0.717, 1.165) is 24.3 Å². The van der Waals surface area contributed by atoms with Crippen molar-refractivity contribution in [3.63, 3.8) is 0 Å². The molecule has 1 aromatic rings. The van der Waals surface area contributed by atoms with Crippen LogP contribution >= 0.6 is 11.6 Å². The molecule has 1 heterocycles. The molecule has 2 rings (SSSR count). The number of allylic oxidation sites excluding steroid dienone is 1. The molecule has 0 saturated carbocycles. The monoisotopic (exact) mass is 360 g/mol. The molecule has 1 aliphatic heterocycles. The van der Waals surface area contributed by atoms with Crippen LogP contribution in [0, 0.1) is 0 Å². The summed E-state index contributed by atoms with van der Waals surface area (Å²) in [5.41, 5.74) is -5.19. The maximum Gasteiger partial charge on any atom is 0.442 e. The van der Waals surface area contributed by atoms with Crippen LogP contribution in [0.1, 0.15) is 10.4 Å². The summed E-state index contributed by atoms with van der Waals surface area (Å²) in [4.78, 5) is 12.1. The molecule has 0 saturated heterocycles. The zero-order valence-electron chi connectivity index (χ0n) is 10.8. The van der Waals surface area contributed by atoms with Crippen LogP contribution in [0.15, 0.2) is 36.0 Å². The first kappa shape index (κ1) is 17.4. The number of aliphatic hydroxyl groups is 1. The number of benzene rings is 1. The van der Waals surface area contributed by atoms with Crippen LogP contribution in [0.3, 0.4) is 0 Å². The fourth-order valence-electron chi connectivity index (χ4n) is 1.78. The van der Waals surface area contributed by atoms with Crippen molar-refractivity contribution in [2.24, 2.45) is 0 Å². The molecule has 0 aliphatic carbocycles. The zero-order valence-corrected chi connectivity index (χ0v) is 11.6. The van der Waals surface area contributed by atoms with E-state index >= 15 is 0 Å². The first-order valence-electron chi connectivity index (χ1n) is 5.82. The first-order valence-corrected chi connectivity index (χ1v) is 6.20. The molecule has 4 nitrogen and oxygen atoms in total. The lowest BCUT2D eigenvalue weighted by Gasteiger charge is -2.33. The van der Waals surface area contributed by atoms with Crippen molar-refractivity contribution in [1.29, 1.82) is 0 Å². The van der Waals surface area contributed by atoms with Crippen LogP contribution in [-0.2, 0) is 0 Å². The van der Waals surface area contributed by atoms with E-state index in [2.05, 4.69) is 0 Å². The molecule has 11 heteroatoms. The second kappa shape index (κ2) is 5.31. The van der Waals surface area contributed by atoms with Crippen LogP contribution < -0.4 is 5.43 Å². The molecule has 0 aromatic heterocycles. The fourth-order valence-corrected chi connectivity index (χ4v) is 1.91. The fraction of sp³-hybridized carbons (Fsp3) is 0.250. The predicted octanol–water partition coefficient (Wildman–Crippen LogP) is 3.00. The molecule has 1 amide bonds. The summed E-state index contributed by atoms with van der Waals surface area (Å²) in [7, 11) is 0. The minimum atomic E-state index is -5.56. The number of amides is 1. The summed E-state index contributed by atoms with van der Waals surface area (Å²) in [6.07, 6.45) is -11.3. The summed E-state index contributed by atoms with van der Waals surface area (Å²) >= 11 is 5.56. The van der Waals surface area contributed by atoms with Gasteiger partial charge in [-0.25, -0.2) is 5.01 Å².